The lowest BCUT2D eigenvalue weighted by Gasteiger charge is -2.19. The van der Waals surface area contributed by atoms with Crippen molar-refractivity contribution < 1.29 is 4.74 Å². The minimum Gasteiger partial charge on any atom is -0.488 e. The van der Waals surface area contributed by atoms with Crippen molar-refractivity contribution in [2.45, 2.75) is 39.0 Å². The van der Waals surface area contributed by atoms with Crippen molar-refractivity contribution in [3.63, 3.8) is 0 Å². The summed E-state index contributed by atoms with van der Waals surface area (Å²) in [6, 6.07) is 14.3. The van der Waals surface area contributed by atoms with Gasteiger partial charge in [-0.05, 0) is 50.1 Å². The number of nitrogens with zero attached hydrogens (tertiary/aromatic N) is 4. The molecular formula is C22H24Cl2N4O. The van der Waals surface area contributed by atoms with E-state index in [9.17, 15) is 0 Å². The molecule has 0 aliphatic carbocycles. The standard InChI is InChI=1S/C22H24Cl2N4O/c1-15(2)27-10-9-17(12-27)28-13-21(25-26-28)18-5-3-4-6-22(18)29-14-16-7-8-19(23)20(24)11-16/h3-8,11,13,15,17H,9-10,12,14H2,1-2H3. The van der Waals surface area contributed by atoms with Crippen LogP contribution in [0.2, 0.25) is 10.0 Å². The van der Waals surface area contributed by atoms with Gasteiger partial charge < -0.3 is 4.74 Å². The van der Waals surface area contributed by atoms with Gasteiger partial charge >= 0.3 is 0 Å². The summed E-state index contributed by atoms with van der Waals surface area (Å²) in [6.07, 6.45) is 3.12. The number of aromatic nitrogens is 3. The van der Waals surface area contributed by atoms with Crippen molar-refractivity contribution in [3.8, 4) is 17.0 Å². The van der Waals surface area contributed by atoms with Gasteiger partial charge in [-0.2, -0.15) is 0 Å². The van der Waals surface area contributed by atoms with E-state index in [-0.39, 0.29) is 0 Å². The second-order valence-corrected chi connectivity index (χ2v) is 8.46. The van der Waals surface area contributed by atoms with Gasteiger partial charge in [0.2, 0.25) is 0 Å². The Morgan fingerprint density at radius 3 is 2.72 bits per heavy atom. The monoisotopic (exact) mass is 430 g/mol. The number of benzene rings is 2. The van der Waals surface area contributed by atoms with Gasteiger partial charge in [-0.3, -0.25) is 4.90 Å². The Balaban J connectivity index is 1.50. The SMILES string of the molecule is CC(C)N1CCC(n2cc(-c3ccccc3OCc3ccc(Cl)c(Cl)c3)nn2)C1. The van der Waals surface area contributed by atoms with Crippen LogP contribution in [0.1, 0.15) is 31.9 Å². The molecule has 7 heteroatoms. The lowest BCUT2D eigenvalue weighted by atomic mass is 10.1. The van der Waals surface area contributed by atoms with Crippen LogP contribution in [0.5, 0.6) is 5.75 Å². The largest absolute Gasteiger partial charge is 0.488 e. The van der Waals surface area contributed by atoms with Gasteiger partial charge in [0.15, 0.2) is 0 Å². The molecule has 1 aliphatic heterocycles. The summed E-state index contributed by atoms with van der Waals surface area (Å²) in [5.74, 6) is 0.765. The molecule has 1 aromatic heterocycles. The van der Waals surface area contributed by atoms with E-state index in [4.69, 9.17) is 27.9 Å². The number of rotatable bonds is 6. The predicted octanol–water partition coefficient (Wildman–Crippen LogP) is 5.49. The molecule has 1 fully saturated rings. The van der Waals surface area contributed by atoms with E-state index in [0.717, 1.165) is 42.1 Å². The van der Waals surface area contributed by atoms with E-state index in [0.29, 0.717) is 28.7 Å². The highest BCUT2D eigenvalue weighted by molar-refractivity contribution is 6.42. The van der Waals surface area contributed by atoms with Crippen molar-refractivity contribution in [1.82, 2.24) is 19.9 Å². The molecule has 0 bridgehead atoms. The zero-order chi connectivity index (χ0) is 20.4. The molecule has 0 N–H and O–H groups in total. The minimum absolute atomic E-state index is 0.364. The molecule has 3 aromatic rings. The molecule has 152 valence electrons. The van der Waals surface area contributed by atoms with E-state index in [1.807, 2.05) is 47.3 Å². The molecule has 2 aromatic carbocycles. The van der Waals surface area contributed by atoms with E-state index < -0.39 is 0 Å². The summed E-state index contributed by atoms with van der Waals surface area (Å²) < 4.78 is 8.06. The molecule has 2 heterocycles. The quantitative estimate of drug-likeness (QED) is 0.518. The average molecular weight is 431 g/mol. The van der Waals surface area contributed by atoms with Crippen LogP contribution in [0.15, 0.2) is 48.7 Å². The molecule has 5 nitrogen and oxygen atoms in total. The maximum atomic E-state index is 6.11. The van der Waals surface area contributed by atoms with E-state index >= 15 is 0 Å². The molecule has 1 aliphatic rings. The lowest BCUT2D eigenvalue weighted by molar-refractivity contribution is 0.262. The molecular weight excluding hydrogens is 407 g/mol. The summed E-state index contributed by atoms with van der Waals surface area (Å²) in [5.41, 5.74) is 2.70. The normalized spacial score (nSPS) is 17.2. The topological polar surface area (TPSA) is 43.2 Å². The van der Waals surface area contributed by atoms with Gasteiger partial charge in [0.25, 0.3) is 0 Å². The molecule has 0 saturated carbocycles. The maximum absolute atomic E-state index is 6.11. The Kier molecular flexibility index (Phi) is 6.09. The predicted molar refractivity (Wildman–Crippen MR) is 117 cm³/mol. The van der Waals surface area contributed by atoms with Crippen molar-refractivity contribution in [1.29, 1.82) is 0 Å². The third kappa shape index (κ3) is 4.58. The zero-order valence-electron chi connectivity index (χ0n) is 16.6. The second kappa shape index (κ2) is 8.74. The third-order valence-electron chi connectivity index (χ3n) is 5.35. The smallest absolute Gasteiger partial charge is 0.129 e. The highest BCUT2D eigenvalue weighted by Gasteiger charge is 2.26. The van der Waals surface area contributed by atoms with Crippen molar-refractivity contribution >= 4 is 23.2 Å². The molecule has 1 saturated heterocycles. The fraction of sp³-hybridized carbons (Fsp3) is 0.364. The number of likely N-dealkylation sites (tertiary alicyclic amines) is 1. The average Bonchev–Trinajstić information content (AvgIpc) is 3.39. The van der Waals surface area contributed by atoms with E-state index in [1.54, 1.807) is 6.07 Å². The number of ether oxygens (including phenoxy) is 1. The van der Waals surface area contributed by atoms with Crippen LogP contribution in [-0.4, -0.2) is 39.0 Å². The third-order valence-corrected chi connectivity index (χ3v) is 6.09. The van der Waals surface area contributed by atoms with Crippen LogP contribution in [0.4, 0.5) is 0 Å². The lowest BCUT2D eigenvalue weighted by Crippen LogP contribution is -2.28. The van der Waals surface area contributed by atoms with E-state index in [1.165, 1.54) is 0 Å². The Morgan fingerprint density at radius 1 is 1.14 bits per heavy atom. The van der Waals surface area contributed by atoms with Crippen LogP contribution >= 0.6 is 23.2 Å². The number of para-hydroxylation sites is 1. The number of hydrogen-bond acceptors (Lipinski definition) is 4. The van der Waals surface area contributed by atoms with Gasteiger partial charge in [0.1, 0.15) is 18.1 Å². The fourth-order valence-electron chi connectivity index (χ4n) is 3.63. The number of halogens is 2. The Labute approximate surface area is 181 Å². The molecule has 0 spiro atoms. The van der Waals surface area contributed by atoms with Crippen LogP contribution in [0.3, 0.4) is 0 Å². The molecule has 1 unspecified atom stereocenters. The van der Waals surface area contributed by atoms with Crippen LogP contribution < -0.4 is 4.74 Å². The summed E-state index contributed by atoms with van der Waals surface area (Å²) in [4.78, 5) is 2.47. The first-order valence-corrected chi connectivity index (χ1v) is 10.6. The Hall–Kier alpha value is -2.08. The van der Waals surface area contributed by atoms with Crippen LogP contribution in [-0.2, 0) is 6.61 Å². The van der Waals surface area contributed by atoms with Crippen molar-refractivity contribution in [2.24, 2.45) is 0 Å². The van der Waals surface area contributed by atoms with Gasteiger partial charge in [-0.1, -0.05) is 46.6 Å². The minimum atomic E-state index is 0.364. The van der Waals surface area contributed by atoms with Crippen LogP contribution in [0, 0.1) is 0 Å². The first kappa shape index (κ1) is 20.2. The summed E-state index contributed by atoms with van der Waals surface area (Å²) in [7, 11) is 0. The molecule has 1 atom stereocenters. The first-order chi connectivity index (χ1) is 14.0. The Morgan fingerprint density at radius 2 is 1.97 bits per heavy atom. The van der Waals surface area contributed by atoms with E-state index in [2.05, 4.69) is 29.1 Å². The molecule has 0 radical (unpaired) electrons. The Bertz CT molecular complexity index is 988. The van der Waals surface area contributed by atoms with Gasteiger partial charge in [-0.15, -0.1) is 5.10 Å². The number of hydrogen-bond donors (Lipinski definition) is 0. The van der Waals surface area contributed by atoms with Gasteiger partial charge in [-0.25, -0.2) is 4.68 Å². The maximum Gasteiger partial charge on any atom is 0.129 e. The highest BCUT2D eigenvalue weighted by atomic mass is 35.5. The second-order valence-electron chi connectivity index (χ2n) is 7.65. The van der Waals surface area contributed by atoms with Crippen molar-refractivity contribution in [3.05, 3.63) is 64.3 Å². The van der Waals surface area contributed by atoms with Crippen LogP contribution in [0.25, 0.3) is 11.3 Å². The van der Waals surface area contributed by atoms with Gasteiger partial charge in [0.05, 0.1) is 22.3 Å². The summed E-state index contributed by atoms with van der Waals surface area (Å²) >= 11 is 12.1. The fourth-order valence-corrected chi connectivity index (χ4v) is 3.95. The van der Waals surface area contributed by atoms with Gasteiger partial charge in [0, 0.05) is 24.7 Å². The summed E-state index contributed by atoms with van der Waals surface area (Å²) in [6.45, 7) is 6.97. The molecule has 4 rings (SSSR count). The molecule has 29 heavy (non-hydrogen) atoms. The van der Waals surface area contributed by atoms with Crippen molar-refractivity contribution in [2.75, 3.05) is 13.1 Å². The highest BCUT2D eigenvalue weighted by Crippen LogP contribution is 2.31. The first-order valence-electron chi connectivity index (χ1n) is 9.83. The summed E-state index contributed by atoms with van der Waals surface area (Å²) in [5, 5.41) is 9.88. The zero-order valence-corrected chi connectivity index (χ0v) is 18.1. The molecule has 0 amide bonds.